The van der Waals surface area contributed by atoms with Crippen LogP contribution in [0.5, 0.6) is 5.75 Å². The highest BCUT2D eigenvalue weighted by atomic mass is 19.4. The minimum atomic E-state index is -4.40. The van der Waals surface area contributed by atoms with Crippen LogP contribution in [-0.2, 0) is 30.4 Å². The molecular formula is C21H22F3NO2. The van der Waals surface area contributed by atoms with Crippen LogP contribution in [-0.4, -0.2) is 12.0 Å². The molecule has 0 unspecified atom stereocenters. The third-order valence-electron chi connectivity index (χ3n) is 4.75. The van der Waals surface area contributed by atoms with E-state index in [1.54, 1.807) is 13.0 Å². The predicted octanol–water partition coefficient (Wildman–Crippen LogP) is 4.67. The van der Waals surface area contributed by atoms with Gasteiger partial charge in [-0.05, 0) is 67.5 Å². The molecule has 2 aromatic rings. The Labute approximate surface area is 156 Å². The number of fused-ring (bicyclic) bond motifs is 1. The highest BCUT2D eigenvalue weighted by Gasteiger charge is 2.30. The molecule has 0 radical (unpaired) electrons. The molecule has 0 aromatic heterocycles. The minimum Gasteiger partial charge on any atom is -0.481 e. The molecule has 0 heterocycles. The van der Waals surface area contributed by atoms with Gasteiger partial charge in [0, 0.05) is 6.54 Å². The van der Waals surface area contributed by atoms with Gasteiger partial charge in [-0.15, -0.1) is 0 Å². The third kappa shape index (κ3) is 4.81. The lowest BCUT2D eigenvalue weighted by Crippen LogP contribution is -2.36. The first-order valence-corrected chi connectivity index (χ1v) is 9.06. The van der Waals surface area contributed by atoms with Crippen molar-refractivity contribution in [3.8, 4) is 5.75 Å². The summed E-state index contributed by atoms with van der Waals surface area (Å²) < 4.78 is 44.2. The first-order valence-electron chi connectivity index (χ1n) is 9.06. The Balaban J connectivity index is 1.61. The fourth-order valence-corrected chi connectivity index (χ4v) is 3.29. The van der Waals surface area contributed by atoms with Gasteiger partial charge >= 0.3 is 6.18 Å². The van der Waals surface area contributed by atoms with Crippen molar-refractivity contribution >= 4 is 5.91 Å². The normalized spacial score (nSPS) is 15.0. The summed E-state index contributed by atoms with van der Waals surface area (Å²) in [6, 6.07) is 10.8. The Hall–Kier alpha value is -2.50. The summed E-state index contributed by atoms with van der Waals surface area (Å²) in [7, 11) is 0. The molecule has 0 bridgehead atoms. The lowest BCUT2D eigenvalue weighted by Gasteiger charge is -2.22. The number of rotatable bonds is 5. The van der Waals surface area contributed by atoms with Gasteiger partial charge in [-0.3, -0.25) is 4.79 Å². The van der Waals surface area contributed by atoms with E-state index in [0.29, 0.717) is 11.3 Å². The Morgan fingerprint density at radius 1 is 1.15 bits per heavy atom. The topological polar surface area (TPSA) is 38.3 Å². The van der Waals surface area contributed by atoms with Gasteiger partial charge in [0.05, 0.1) is 5.56 Å². The second kappa shape index (κ2) is 8.03. The quantitative estimate of drug-likeness (QED) is 0.823. The minimum absolute atomic E-state index is 0.0172. The van der Waals surface area contributed by atoms with Crippen LogP contribution >= 0.6 is 0 Å². The van der Waals surface area contributed by atoms with Crippen LogP contribution in [0.2, 0.25) is 0 Å². The maximum atomic E-state index is 12.8. The molecule has 0 aliphatic heterocycles. The molecule has 27 heavy (non-hydrogen) atoms. The van der Waals surface area contributed by atoms with Gasteiger partial charge in [0.15, 0.2) is 6.10 Å². The first kappa shape index (κ1) is 19.3. The molecule has 1 N–H and O–H groups in total. The number of hydrogen-bond donors (Lipinski definition) is 1. The van der Waals surface area contributed by atoms with Crippen molar-refractivity contribution in [3.63, 3.8) is 0 Å². The van der Waals surface area contributed by atoms with Gasteiger partial charge < -0.3 is 10.1 Å². The highest BCUT2D eigenvalue weighted by Crippen LogP contribution is 2.31. The zero-order valence-corrected chi connectivity index (χ0v) is 15.1. The molecular weight excluding hydrogens is 355 g/mol. The number of carbonyl (C=O) groups excluding carboxylic acids is 1. The zero-order valence-electron chi connectivity index (χ0n) is 15.1. The molecule has 144 valence electrons. The highest BCUT2D eigenvalue weighted by molar-refractivity contribution is 5.80. The number of ether oxygens (including phenoxy) is 1. The van der Waals surface area contributed by atoms with Crippen molar-refractivity contribution in [2.24, 2.45) is 0 Å². The summed E-state index contributed by atoms with van der Waals surface area (Å²) in [4.78, 5) is 12.3. The summed E-state index contributed by atoms with van der Waals surface area (Å²) in [6.45, 7) is 1.66. The fourth-order valence-electron chi connectivity index (χ4n) is 3.29. The second-order valence-corrected chi connectivity index (χ2v) is 6.78. The van der Waals surface area contributed by atoms with Crippen LogP contribution < -0.4 is 10.1 Å². The Morgan fingerprint density at radius 3 is 2.67 bits per heavy atom. The van der Waals surface area contributed by atoms with E-state index in [-0.39, 0.29) is 12.5 Å². The molecule has 1 aliphatic carbocycles. The molecule has 0 saturated heterocycles. The zero-order chi connectivity index (χ0) is 19.4. The van der Waals surface area contributed by atoms with Crippen molar-refractivity contribution in [1.82, 2.24) is 5.32 Å². The maximum absolute atomic E-state index is 12.8. The van der Waals surface area contributed by atoms with E-state index in [4.69, 9.17) is 4.74 Å². The monoisotopic (exact) mass is 377 g/mol. The van der Waals surface area contributed by atoms with Crippen molar-refractivity contribution in [2.45, 2.75) is 51.4 Å². The lowest BCUT2D eigenvalue weighted by atomic mass is 9.91. The predicted molar refractivity (Wildman–Crippen MR) is 96.5 cm³/mol. The number of carbonyl (C=O) groups is 1. The third-order valence-corrected chi connectivity index (χ3v) is 4.75. The van der Waals surface area contributed by atoms with Gasteiger partial charge in [0.25, 0.3) is 5.91 Å². The van der Waals surface area contributed by atoms with Gasteiger partial charge in [-0.2, -0.15) is 13.2 Å². The van der Waals surface area contributed by atoms with Crippen LogP contribution in [0.25, 0.3) is 0 Å². The average molecular weight is 377 g/mol. The number of alkyl halides is 3. The Bertz CT molecular complexity index is 817. The van der Waals surface area contributed by atoms with Crippen LogP contribution in [0.15, 0.2) is 42.5 Å². The Morgan fingerprint density at radius 2 is 1.89 bits per heavy atom. The molecule has 1 amide bonds. The van der Waals surface area contributed by atoms with Crippen molar-refractivity contribution < 1.29 is 22.7 Å². The number of nitrogens with one attached hydrogen (secondary N) is 1. The van der Waals surface area contributed by atoms with E-state index < -0.39 is 17.8 Å². The molecule has 3 rings (SSSR count). The summed E-state index contributed by atoms with van der Waals surface area (Å²) in [5.74, 6) is 0.356. The number of halogens is 3. The molecule has 0 fully saturated rings. The van der Waals surface area contributed by atoms with E-state index in [1.165, 1.54) is 11.6 Å². The lowest BCUT2D eigenvalue weighted by molar-refractivity contribution is -0.137. The molecule has 2 aromatic carbocycles. The van der Waals surface area contributed by atoms with Crippen LogP contribution in [0, 0.1) is 0 Å². The maximum Gasteiger partial charge on any atom is 0.416 e. The fraction of sp³-hybridized carbons (Fsp3) is 0.381. The van der Waals surface area contributed by atoms with E-state index in [0.717, 1.165) is 43.4 Å². The van der Waals surface area contributed by atoms with Crippen LogP contribution in [0.4, 0.5) is 13.2 Å². The molecule has 6 heteroatoms. The van der Waals surface area contributed by atoms with Crippen molar-refractivity contribution in [2.75, 3.05) is 0 Å². The largest absolute Gasteiger partial charge is 0.481 e. The molecule has 1 atom stereocenters. The summed E-state index contributed by atoms with van der Waals surface area (Å²) >= 11 is 0. The van der Waals surface area contributed by atoms with E-state index >= 15 is 0 Å². The Kier molecular flexibility index (Phi) is 5.73. The van der Waals surface area contributed by atoms with Crippen molar-refractivity contribution in [3.05, 3.63) is 64.7 Å². The van der Waals surface area contributed by atoms with Gasteiger partial charge in [-0.25, -0.2) is 0 Å². The standard InChI is InChI=1S/C21H22F3NO2/c1-14(27-19-11-5-8-16-7-2-3-10-18(16)19)20(26)25-13-15-6-4-9-17(12-15)21(22,23)24/h4-6,8-9,11-12,14H,2-3,7,10,13H2,1H3,(H,25,26)/t14-/m0/s1. The molecule has 3 nitrogen and oxygen atoms in total. The molecule has 0 spiro atoms. The average Bonchev–Trinajstić information content (AvgIpc) is 2.66. The van der Waals surface area contributed by atoms with Gasteiger partial charge in [-0.1, -0.05) is 24.3 Å². The smallest absolute Gasteiger partial charge is 0.416 e. The summed E-state index contributed by atoms with van der Waals surface area (Å²) in [5.41, 5.74) is 2.08. The summed E-state index contributed by atoms with van der Waals surface area (Å²) in [5, 5.41) is 2.65. The SMILES string of the molecule is C[C@H](Oc1cccc2c1CCCC2)C(=O)NCc1cccc(C(F)(F)F)c1. The number of aryl methyl sites for hydroxylation is 1. The van der Waals surface area contributed by atoms with E-state index in [9.17, 15) is 18.0 Å². The van der Waals surface area contributed by atoms with Crippen LogP contribution in [0.3, 0.4) is 0 Å². The van der Waals surface area contributed by atoms with Crippen LogP contribution in [0.1, 0.15) is 42.0 Å². The molecule has 0 saturated carbocycles. The number of hydrogen-bond acceptors (Lipinski definition) is 2. The molecule has 1 aliphatic rings. The number of amides is 1. The number of benzene rings is 2. The second-order valence-electron chi connectivity index (χ2n) is 6.78. The van der Waals surface area contributed by atoms with Gasteiger partial charge in [0.1, 0.15) is 5.75 Å². The summed E-state index contributed by atoms with van der Waals surface area (Å²) in [6.07, 6.45) is -0.924. The van der Waals surface area contributed by atoms with E-state index in [2.05, 4.69) is 11.4 Å². The van der Waals surface area contributed by atoms with E-state index in [1.807, 2.05) is 12.1 Å². The first-order chi connectivity index (χ1) is 12.8. The van der Waals surface area contributed by atoms with Crippen molar-refractivity contribution in [1.29, 1.82) is 0 Å². The van der Waals surface area contributed by atoms with Gasteiger partial charge in [0.2, 0.25) is 0 Å².